The van der Waals surface area contributed by atoms with E-state index in [2.05, 4.69) is 33.0 Å². The normalized spacial score (nSPS) is 25.8. The smallest absolute Gasteiger partial charge is 0.241 e. The van der Waals surface area contributed by atoms with Crippen molar-refractivity contribution >= 4 is 5.91 Å². The third-order valence-electron chi connectivity index (χ3n) is 3.28. The molecule has 94 valence electrons. The number of rotatable bonds is 6. The van der Waals surface area contributed by atoms with Crippen molar-refractivity contribution in [2.24, 2.45) is 5.92 Å². The minimum Gasteiger partial charge on any atom is -0.326 e. The lowest BCUT2D eigenvalue weighted by atomic mass is 10.1. The Hall–Kier alpha value is -0.570. The van der Waals surface area contributed by atoms with Gasteiger partial charge in [0.15, 0.2) is 0 Å². The molecule has 0 spiro atoms. The summed E-state index contributed by atoms with van der Waals surface area (Å²) >= 11 is 0. The highest BCUT2D eigenvalue weighted by atomic mass is 16.2. The molecule has 0 radical (unpaired) electrons. The fourth-order valence-corrected chi connectivity index (χ4v) is 2.16. The highest BCUT2D eigenvalue weighted by Crippen LogP contribution is 2.16. The first-order valence-electron chi connectivity index (χ1n) is 6.62. The van der Waals surface area contributed by atoms with Gasteiger partial charge in [-0.3, -0.25) is 10.1 Å². The van der Waals surface area contributed by atoms with Gasteiger partial charge in [-0.15, -0.1) is 0 Å². The molecule has 3 nitrogen and oxygen atoms in total. The van der Waals surface area contributed by atoms with E-state index in [1.54, 1.807) is 0 Å². The van der Waals surface area contributed by atoms with Crippen molar-refractivity contribution in [2.75, 3.05) is 6.54 Å². The second-order valence-electron chi connectivity index (χ2n) is 5.25. The molecule has 0 bridgehead atoms. The quantitative estimate of drug-likeness (QED) is 0.754. The fraction of sp³-hybridized carbons (Fsp3) is 0.923. The lowest BCUT2D eigenvalue weighted by molar-refractivity contribution is -0.130. The Balaban J connectivity index is 2.43. The van der Waals surface area contributed by atoms with Crippen LogP contribution in [0.4, 0.5) is 0 Å². The number of carbonyl (C=O) groups excluding carboxylic acids is 1. The molecule has 0 aromatic carbocycles. The standard InChI is InChI=1S/C13H26N2O/c1-5-6-7-12-13(16)15(11(4)14-12)9-8-10(2)3/h10-12,14H,5-9H2,1-4H3. The molecule has 1 rings (SSSR count). The molecule has 0 aromatic rings. The third-order valence-corrected chi connectivity index (χ3v) is 3.28. The number of amides is 1. The molecule has 1 N–H and O–H groups in total. The van der Waals surface area contributed by atoms with Crippen LogP contribution in [0.3, 0.4) is 0 Å². The van der Waals surface area contributed by atoms with Crippen molar-refractivity contribution in [2.45, 2.75) is 65.6 Å². The van der Waals surface area contributed by atoms with Crippen LogP contribution in [0.5, 0.6) is 0 Å². The third kappa shape index (κ3) is 3.48. The molecule has 1 aliphatic rings. The van der Waals surface area contributed by atoms with Crippen molar-refractivity contribution in [3.05, 3.63) is 0 Å². The van der Waals surface area contributed by atoms with Gasteiger partial charge >= 0.3 is 0 Å². The second kappa shape index (κ2) is 6.24. The summed E-state index contributed by atoms with van der Waals surface area (Å²) in [6, 6.07) is 0.0714. The number of nitrogens with one attached hydrogen (secondary N) is 1. The van der Waals surface area contributed by atoms with Crippen LogP contribution in [0, 0.1) is 5.92 Å². The van der Waals surface area contributed by atoms with E-state index < -0.39 is 0 Å². The van der Waals surface area contributed by atoms with Crippen molar-refractivity contribution in [1.29, 1.82) is 0 Å². The molecule has 1 saturated heterocycles. The zero-order valence-corrected chi connectivity index (χ0v) is 11.1. The van der Waals surface area contributed by atoms with Crippen molar-refractivity contribution < 1.29 is 4.79 Å². The number of nitrogens with zero attached hydrogens (tertiary/aromatic N) is 1. The molecule has 1 fully saturated rings. The van der Waals surface area contributed by atoms with E-state index in [1.165, 1.54) is 0 Å². The maximum Gasteiger partial charge on any atom is 0.241 e. The van der Waals surface area contributed by atoms with E-state index in [1.807, 2.05) is 4.90 Å². The first kappa shape index (κ1) is 13.5. The zero-order valence-electron chi connectivity index (χ0n) is 11.1. The monoisotopic (exact) mass is 226 g/mol. The maximum absolute atomic E-state index is 12.1. The fourth-order valence-electron chi connectivity index (χ4n) is 2.16. The van der Waals surface area contributed by atoms with Crippen LogP contribution in [0.25, 0.3) is 0 Å². The summed E-state index contributed by atoms with van der Waals surface area (Å²) in [5.74, 6) is 0.969. The largest absolute Gasteiger partial charge is 0.326 e. The van der Waals surface area contributed by atoms with Gasteiger partial charge in [-0.05, 0) is 25.7 Å². The summed E-state index contributed by atoms with van der Waals surface area (Å²) in [5.41, 5.74) is 0. The molecule has 0 saturated carbocycles. The minimum absolute atomic E-state index is 0.0714. The van der Waals surface area contributed by atoms with Gasteiger partial charge in [0.1, 0.15) is 0 Å². The van der Waals surface area contributed by atoms with Crippen molar-refractivity contribution in [3.8, 4) is 0 Å². The highest BCUT2D eigenvalue weighted by molar-refractivity contribution is 5.84. The maximum atomic E-state index is 12.1. The Morgan fingerprint density at radius 1 is 1.44 bits per heavy atom. The first-order chi connectivity index (χ1) is 7.56. The molecule has 1 heterocycles. The molecule has 16 heavy (non-hydrogen) atoms. The van der Waals surface area contributed by atoms with Crippen molar-refractivity contribution in [1.82, 2.24) is 10.2 Å². The van der Waals surface area contributed by atoms with Crippen LogP contribution < -0.4 is 5.32 Å². The van der Waals surface area contributed by atoms with E-state index in [0.29, 0.717) is 11.8 Å². The summed E-state index contributed by atoms with van der Waals surface area (Å²) in [4.78, 5) is 14.1. The second-order valence-corrected chi connectivity index (χ2v) is 5.25. The number of unbranched alkanes of at least 4 members (excludes halogenated alkanes) is 1. The molecule has 1 amide bonds. The van der Waals surface area contributed by atoms with Crippen LogP contribution in [0.1, 0.15) is 53.4 Å². The van der Waals surface area contributed by atoms with Gasteiger partial charge < -0.3 is 4.90 Å². The van der Waals surface area contributed by atoms with E-state index in [9.17, 15) is 4.79 Å². The lowest BCUT2D eigenvalue weighted by Crippen LogP contribution is -2.35. The summed E-state index contributed by atoms with van der Waals surface area (Å²) < 4.78 is 0. The summed E-state index contributed by atoms with van der Waals surface area (Å²) in [5, 5.41) is 3.39. The predicted octanol–water partition coefficient (Wildman–Crippen LogP) is 2.37. The van der Waals surface area contributed by atoms with Gasteiger partial charge in [-0.25, -0.2) is 0 Å². The number of hydrogen-bond donors (Lipinski definition) is 1. The van der Waals surface area contributed by atoms with Gasteiger partial charge in [0.05, 0.1) is 12.2 Å². The molecular formula is C13H26N2O. The summed E-state index contributed by atoms with van der Waals surface area (Å²) in [6.45, 7) is 9.55. The average Bonchev–Trinajstić information content (AvgIpc) is 2.48. The summed E-state index contributed by atoms with van der Waals surface area (Å²) in [7, 11) is 0. The average molecular weight is 226 g/mol. The Labute approximate surface area is 99.6 Å². The van der Waals surface area contributed by atoms with Crippen LogP contribution >= 0.6 is 0 Å². The van der Waals surface area contributed by atoms with Gasteiger partial charge in [-0.2, -0.15) is 0 Å². The lowest BCUT2D eigenvalue weighted by Gasteiger charge is -2.21. The van der Waals surface area contributed by atoms with Gasteiger partial charge in [0.2, 0.25) is 5.91 Å². The summed E-state index contributed by atoms with van der Waals surface area (Å²) in [6.07, 6.45) is 4.59. The van der Waals surface area contributed by atoms with Gasteiger partial charge in [-0.1, -0.05) is 33.6 Å². The molecule has 2 unspecified atom stereocenters. The Morgan fingerprint density at radius 2 is 2.12 bits per heavy atom. The molecule has 1 aliphatic heterocycles. The van der Waals surface area contributed by atoms with Crippen LogP contribution in [0.2, 0.25) is 0 Å². The number of hydrogen-bond acceptors (Lipinski definition) is 2. The van der Waals surface area contributed by atoms with Crippen LogP contribution in [0.15, 0.2) is 0 Å². The van der Waals surface area contributed by atoms with Crippen LogP contribution in [-0.2, 0) is 4.79 Å². The number of carbonyl (C=O) groups is 1. The zero-order chi connectivity index (χ0) is 12.1. The Kier molecular flexibility index (Phi) is 5.26. The van der Waals surface area contributed by atoms with E-state index in [0.717, 1.165) is 32.2 Å². The van der Waals surface area contributed by atoms with E-state index in [4.69, 9.17) is 0 Å². The molecule has 2 atom stereocenters. The van der Waals surface area contributed by atoms with Gasteiger partial charge in [0.25, 0.3) is 0 Å². The molecule has 0 aliphatic carbocycles. The predicted molar refractivity (Wildman–Crippen MR) is 67.1 cm³/mol. The molecule has 0 aromatic heterocycles. The molecular weight excluding hydrogens is 200 g/mol. The van der Waals surface area contributed by atoms with E-state index in [-0.39, 0.29) is 12.2 Å². The molecule has 3 heteroatoms. The minimum atomic E-state index is 0.0714. The van der Waals surface area contributed by atoms with Crippen LogP contribution in [-0.4, -0.2) is 29.6 Å². The van der Waals surface area contributed by atoms with Crippen molar-refractivity contribution in [3.63, 3.8) is 0 Å². The SMILES string of the molecule is CCCCC1NC(C)N(CCC(C)C)C1=O. The highest BCUT2D eigenvalue weighted by Gasteiger charge is 2.35. The van der Waals surface area contributed by atoms with E-state index >= 15 is 0 Å². The van der Waals surface area contributed by atoms with Gasteiger partial charge in [0, 0.05) is 6.54 Å². The first-order valence-corrected chi connectivity index (χ1v) is 6.62. The Bertz CT molecular complexity index is 228. The topological polar surface area (TPSA) is 32.3 Å². The Morgan fingerprint density at radius 3 is 2.69 bits per heavy atom.